The fourth-order valence-electron chi connectivity index (χ4n) is 4.04. The molecule has 0 radical (unpaired) electrons. The van der Waals surface area contributed by atoms with Crippen molar-refractivity contribution in [2.45, 2.75) is 32.5 Å². The average Bonchev–Trinajstić information content (AvgIpc) is 3.12. The molecule has 0 atom stereocenters. The van der Waals surface area contributed by atoms with Crippen molar-refractivity contribution >= 4 is 16.9 Å². The van der Waals surface area contributed by atoms with Gasteiger partial charge in [0, 0.05) is 19.6 Å². The zero-order chi connectivity index (χ0) is 22.0. The van der Waals surface area contributed by atoms with E-state index in [0.29, 0.717) is 42.7 Å². The fourth-order valence-corrected chi connectivity index (χ4v) is 4.04. The Morgan fingerprint density at radius 1 is 1.13 bits per heavy atom. The van der Waals surface area contributed by atoms with Gasteiger partial charge < -0.3 is 14.2 Å². The van der Waals surface area contributed by atoms with Crippen molar-refractivity contribution in [3.63, 3.8) is 0 Å². The lowest BCUT2D eigenvalue weighted by Gasteiger charge is -2.32. The highest BCUT2D eigenvalue weighted by atomic mass is 19.4. The first-order valence-electron chi connectivity index (χ1n) is 10.3. The van der Waals surface area contributed by atoms with Gasteiger partial charge in [-0.1, -0.05) is 24.3 Å². The first kappa shape index (κ1) is 21.2. The molecule has 1 aliphatic heterocycles. The van der Waals surface area contributed by atoms with Crippen LogP contribution in [0.5, 0.6) is 5.75 Å². The molecule has 8 heteroatoms. The summed E-state index contributed by atoms with van der Waals surface area (Å²) in [5, 5.41) is 0. The van der Waals surface area contributed by atoms with Crippen molar-refractivity contribution in [1.29, 1.82) is 0 Å². The van der Waals surface area contributed by atoms with Crippen LogP contribution in [0.15, 0.2) is 48.5 Å². The van der Waals surface area contributed by atoms with E-state index in [2.05, 4.69) is 4.98 Å². The van der Waals surface area contributed by atoms with Crippen LogP contribution in [0.3, 0.4) is 0 Å². The Bertz CT molecular complexity index is 1070. The summed E-state index contributed by atoms with van der Waals surface area (Å²) in [6, 6.07) is 14.2. The van der Waals surface area contributed by atoms with E-state index in [0.717, 1.165) is 5.56 Å². The lowest BCUT2D eigenvalue weighted by molar-refractivity contribution is -0.147. The predicted octanol–water partition coefficient (Wildman–Crippen LogP) is 4.68. The molecular weight excluding hydrogens is 407 g/mol. The molecule has 0 saturated carbocycles. The van der Waals surface area contributed by atoms with Gasteiger partial charge in [-0.15, -0.1) is 0 Å². The topological polar surface area (TPSA) is 47.4 Å². The molecule has 0 aliphatic carbocycles. The summed E-state index contributed by atoms with van der Waals surface area (Å²) in [5.41, 5.74) is 1.88. The minimum absolute atomic E-state index is 0.0421. The van der Waals surface area contributed by atoms with Gasteiger partial charge in [-0.3, -0.25) is 4.79 Å². The maximum atomic E-state index is 13.5. The largest absolute Gasteiger partial charge is 0.484 e. The number of fused-ring (bicyclic) bond motifs is 1. The van der Waals surface area contributed by atoms with Gasteiger partial charge >= 0.3 is 6.18 Å². The van der Waals surface area contributed by atoms with Crippen LogP contribution in [0, 0.1) is 12.8 Å². The van der Waals surface area contributed by atoms with E-state index in [1.54, 1.807) is 35.2 Å². The summed E-state index contributed by atoms with van der Waals surface area (Å²) in [6.45, 7) is 3.16. The fraction of sp³-hybridized carbons (Fsp3) is 0.391. The number of imidazole rings is 1. The lowest BCUT2D eigenvalue weighted by atomic mass is 9.96. The number of piperidine rings is 1. The van der Waals surface area contributed by atoms with E-state index < -0.39 is 12.0 Å². The SMILES string of the molecule is Cc1cccc(OCC(=O)N2CCC(Cn3c(C(F)(F)F)nc4ccccc43)CC2)c1. The quantitative estimate of drug-likeness (QED) is 0.589. The number of rotatable bonds is 5. The number of likely N-dealkylation sites (tertiary alicyclic amines) is 1. The summed E-state index contributed by atoms with van der Waals surface area (Å²) >= 11 is 0. The minimum atomic E-state index is -4.51. The van der Waals surface area contributed by atoms with E-state index in [1.807, 2.05) is 25.1 Å². The summed E-state index contributed by atoms with van der Waals surface area (Å²) in [4.78, 5) is 18.0. The van der Waals surface area contributed by atoms with Gasteiger partial charge in [0.1, 0.15) is 5.75 Å². The van der Waals surface area contributed by atoms with Gasteiger partial charge in [-0.25, -0.2) is 4.98 Å². The molecule has 5 nitrogen and oxygen atoms in total. The summed E-state index contributed by atoms with van der Waals surface area (Å²) in [6.07, 6.45) is -3.23. The molecule has 1 aromatic heterocycles. The van der Waals surface area contributed by atoms with Gasteiger partial charge in [0.2, 0.25) is 5.82 Å². The Balaban J connectivity index is 1.37. The Hall–Kier alpha value is -3.03. The third-order valence-electron chi connectivity index (χ3n) is 5.67. The second-order valence-corrected chi connectivity index (χ2v) is 7.96. The molecular formula is C23H24F3N3O2. The van der Waals surface area contributed by atoms with Crippen molar-refractivity contribution in [2.75, 3.05) is 19.7 Å². The Morgan fingerprint density at radius 2 is 1.87 bits per heavy atom. The molecule has 1 saturated heterocycles. The number of aromatic nitrogens is 2. The first-order chi connectivity index (χ1) is 14.8. The molecule has 31 heavy (non-hydrogen) atoms. The predicted molar refractivity (Wildman–Crippen MR) is 111 cm³/mol. The van der Waals surface area contributed by atoms with Crippen LogP contribution in [0.25, 0.3) is 11.0 Å². The van der Waals surface area contributed by atoms with Crippen LogP contribution < -0.4 is 4.74 Å². The van der Waals surface area contributed by atoms with E-state index in [1.165, 1.54) is 4.57 Å². The highest BCUT2D eigenvalue weighted by molar-refractivity contribution is 5.78. The molecule has 2 heterocycles. The summed E-state index contributed by atoms with van der Waals surface area (Å²) in [5.74, 6) is -0.280. The lowest BCUT2D eigenvalue weighted by Crippen LogP contribution is -2.41. The number of hydrogen-bond acceptors (Lipinski definition) is 3. The highest BCUT2D eigenvalue weighted by Gasteiger charge is 2.38. The maximum Gasteiger partial charge on any atom is 0.449 e. The molecule has 0 N–H and O–H groups in total. The molecule has 0 bridgehead atoms. The number of aryl methyl sites for hydroxylation is 1. The standard InChI is InChI=1S/C23H24F3N3O2/c1-16-5-4-6-18(13-16)31-15-21(30)28-11-9-17(10-12-28)14-29-20-8-3-2-7-19(20)27-22(29)23(24,25)26/h2-8,13,17H,9-12,14-15H2,1H3. The summed E-state index contributed by atoms with van der Waals surface area (Å²) in [7, 11) is 0. The molecule has 1 aliphatic rings. The maximum absolute atomic E-state index is 13.5. The van der Waals surface area contributed by atoms with E-state index in [9.17, 15) is 18.0 Å². The smallest absolute Gasteiger partial charge is 0.449 e. The van der Waals surface area contributed by atoms with Gasteiger partial charge in [0.25, 0.3) is 5.91 Å². The third kappa shape index (κ3) is 4.84. The second kappa shape index (κ2) is 8.61. The number of halogens is 3. The average molecular weight is 431 g/mol. The number of carbonyl (C=O) groups excluding carboxylic acids is 1. The number of benzene rings is 2. The number of alkyl halides is 3. The number of hydrogen-bond donors (Lipinski definition) is 0. The van der Waals surface area contributed by atoms with Gasteiger partial charge in [0.05, 0.1) is 11.0 Å². The van der Waals surface area contributed by atoms with Gasteiger partial charge in [-0.2, -0.15) is 13.2 Å². The van der Waals surface area contributed by atoms with Crippen LogP contribution in [0.1, 0.15) is 24.2 Å². The molecule has 0 unspecified atom stereocenters. The zero-order valence-electron chi connectivity index (χ0n) is 17.2. The van der Waals surface area contributed by atoms with E-state index >= 15 is 0 Å². The van der Waals surface area contributed by atoms with Crippen molar-refractivity contribution in [3.8, 4) is 5.75 Å². The van der Waals surface area contributed by atoms with Crippen LogP contribution in [-0.2, 0) is 17.5 Å². The van der Waals surface area contributed by atoms with Gasteiger partial charge in [0.15, 0.2) is 6.61 Å². The first-order valence-corrected chi connectivity index (χ1v) is 10.3. The molecule has 164 valence electrons. The third-order valence-corrected chi connectivity index (χ3v) is 5.67. The Kier molecular flexibility index (Phi) is 5.89. The molecule has 1 fully saturated rings. The Morgan fingerprint density at radius 3 is 2.58 bits per heavy atom. The molecule has 4 rings (SSSR count). The molecule has 2 aromatic carbocycles. The number of ether oxygens (including phenoxy) is 1. The van der Waals surface area contributed by atoms with Crippen LogP contribution in [-0.4, -0.2) is 40.1 Å². The van der Waals surface area contributed by atoms with Crippen molar-refractivity contribution < 1.29 is 22.7 Å². The van der Waals surface area contributed by atoms with Crippen LogP contribution in [0.2, 0.25) is 0 Å². The molecule has 1 amide bonds. The number of amides is 1. The number of para-hydroxylation sites is 2. The van der Waals surface area contributed by atoms with Gasteiger partial charge in [-0.05, 0) is 55.5 Å². The van der Waals surface area contributed by atoms with Crippen molar-refractivity contribution in [1.82, 2.24) is 14.5 Å². The Labute approximate surface area is 178 Å². The van der Waals surface area contributed by atoms with E-state index in [-0.39, 0.29) is 25.0 Å². The van der Waals surface area contributed by atoms with Crippen LogP contribution >= 0.6 is 0 Å². The number of nitrogens with zero attached hydrogens (tertiary/aromatic N) is 3. The minimum Gasteiger partial charge on any atom is -0.484 e. The molecule has 3 aromatic rings. The monoisotopic (exact) mass is 431 g/mol. The second-order valence-electron chi connectivity index (χ2n) is 7.96. The summed E-state index contributed by atoms with van der Waals surface area (Å²) < 4.78 is 47.4. The highest BCUT2D eigenvalue weighted by Crippen LogP contribution is 2.33. The van der Waals surface area contributed by atoms with Crippen LogP contribution in [0.4, 0.5) is 13.2 Å². The van der Waals surface area contributed by atoms with Crippen molar-refractivity contribution in [3.05, 3.63) is 59.9 Å². The zero-order valence-corrected chi connectivity index (χ0v) is 17.2. The van der Waals surface area contributed by atoms with Crippen molar-refractivity contribution in [2.24, 2.45) is 5.92 Å². The van der Waals surface area contributed by atoms with E-state index in [4.69, 9.17) is 4.74 Å². The number of carbonyl (C=O) groups is 1. The molecule has 0 spiro atoms. The normalized spacial score (nSPS) is 15.4.